The van der Waals surface area contributed by atoms with Gasteiger partial charge in [0.25, 0.3) is 0 Å². The van der Waals surface area contributed by atoms with E-state index in [2.05, 4.69) is 35.0 Å². The molecule has 1 aliphatic rings. The first kappa shape index (κ1) is 14.9. The van der Waals surface area contributed by atoms with Crippen LogP contribution in [0.1, 0.15) is 44.6 Å². The van der Waals surface area contributed by atoms with Crippen molar-refractivity contribution in [1.29, 1.82) is 0 Å². The van der Waals surface area contributed by atoms with Crippen molar-refractivity contribution in [1.82, 2.24) is 0 Å². The van der Waals surface area contributed by atoms with Crippen LogP contribution >= 0.6 is 15.9 Å². The molecular formula is C16H24BrNO. The number of ether oxygens (including phenoxy) is 1. The number of hydrogen-bond acceptors (Lipinski definition) is 2. The Kier molecular flexibility index (Phi) is 4.91. The molecule has 2 nitrogen and oxygen atoms in total. The highest BCUT2D eigenvalue weighted by atomic mass is 79.9. The molecule has 0 aliphatic heterocycles. The van der Waals surface area contributed by atoms with Gasteiger partial charge in [0.2, 0.25) is 0 Å². The summed E-state index contributed by atoms with van der Waals surface area (Å²) >= 11 is 3.54. The lowest BCUT2D eigenvalue weighted by atomic mass is 9.73. The predicted octanol–water partition coefficient (Wildman–Crippen LogP) is 4.30. The van der Waals surface area contributed by atoms with Gasteiger partial charge < -0.3 is 10.5 Å². The molecule has 0 amide bonds. The van der Waals surface area contributed by atoms with Crippen LogP contribution in [0.25, 0.3) is 0 Å². The fraction of sp³-hybridized carbons (Fsp3) is 0.625. The summed E-state index contributed by atoms with van der Waals surface area (Å²) in [5.41, 5.74) is 7.86. The molecule has 1 aliphatic carbocycles. The Bertz CT molecular complexity index is 425. The summed E-state index contributed by atoms with van der Waals surface area (Å²) in [5, 5.41) is 0. The van der Waals surface area contributed by atoms with E-state index in [0.717, 1.165) is 35.4 Å². The van der Waals surface area contributed by atoms with Crippen molar-refractivity contribution in [2.75, 3.05) is 7.11 Å². The average Bonchev–Trinajstić information content (AvgIpc) is 2.39. The van der Waals surface area contributed by atoms with E-state index in [-0.39, 0.29) is 5.54 Å². The van der Waals surface area contributed by atoms with E-state index in [0.29, 0.717) is 0 Å². The SMILES string of the molecule is CCC1CCC(N)(Cc2ccc(OC)c(Br)c2)CC1. The lowest BCUT2D eigenvalue weighted by Gasteiger charge is -2.37. The van der Waals surface area contributed by atoms with Crippen LogP contribution < -0.4 is 10.5 Å². The van der Waals surface area contributed by atoms with E-state index in [4.69, 9.17) is 10.5 Å². The van der Waals surface area contributed by atoms with Gasteiger partial charge in [0.15, 0.2) is 0 Å². The molecule has 19 heavy (non-hydrogen) atoms. The van der Waals surface area contributed by atoms with Gasteiger partial charge in [-0.3, -0.25) is 0 Å². The van der Waals surface area contributed by atoms with Gasteiger partial charge in [-0.1, -0.05) is 19.4 Å². The zero-order valence-electron chi connectivity index (χ0n) is 11.9. The fourth-order valence-corrected chi connectivity index (χ4v) is 3.65. The van der Waals surface area contributed by atoms with Crippen molar-refractivity contribution in [3.63, 3.8) is 0 Å². The van der Waals surface area contributed by atoms with Gasteiger partial charge in [-0.15, -0.1) is 0 Å². The number of nitrogens with two attached hydrogens (primary N) is 1. The van der Waals surface area contributed by atoms with Crippen molar-refractivity contribution in [2.24, 2.45) is 11.7 Å². The van der Waals surface area contributed by atoms with Crippen LogP contribution in [0.15, 0.2) is 22.7 Å². The Morgan fingerprint density at radius 3 is 2.58 bits per heavy atom. The smallest absolute Gasteiger partial charge is 0.133 e. The molecule has 1 aromatic rings. The molecule has 2 rings (SSSR count). The van der Waals surface area contributed by atoms with Gasteiger partial charge in [0.1, 0.15) is 5.75 Å². The van der Waals surface area contributed by atoms with E-state index in [9.17, 15) is 0 Å². The minimum atomic E-state index is -0.0142. The first-order chi connectivity index (χ1) is 9.06. The van der Waals surface area contributed by atoms with Crippen molar-refractivity contribution in [2.45, 2.75) is 51.0 Å². The second kappa shape index (κ2) is 6.27. The molecule has 2 N–H and O–H groups in total. The second-order valence-electron chi connectivity index (χ2n) is 5.86. The standard InChI is InChI=1S/C16H24BrNO/c1-3-12-6-8-16(18,9-7-12)11-13-4-5-15(19-2)14(17)10-13/h4-5,10,12H,3,6-9,11,18H2,1-2H3. The van der Waals surface area contributed by atoms with Gasteiger partial charge in [0.05, 0.1) is 11.6 Å². The number of halogens is 1. The Labute approximate surface area is 124 Å². The number of rotatable bonds is 4. The highest BCUT2D eigenvalue weighted by molar-refractivity contribution is 9.10. The van der Waals surface area contributed by atoms with Crippen molar-refractivity contribution < 1.29 is 4.74 Å². The van der Waals surface area contributed by atoms with E-state index < -0.39 is 0 Å². The first-order valence-electron chi connectivity index (χ1n) is 7.17. The number of benzene rings is 1. The van der Waals surface area contributed by atoms with E-state index >= 15 is 0 Å². The zero-order chi connectivity index (χ0) is 13.9. The quantitative estimate of drug-likeness (QED) is 0.895. The third-order valence-corrected chi connectivity index (χ3v) is 5.07. The summed E-state index contributed by atoms with van der Waals surface area (Å²) in [7, 11) is 1.69. The Hall–Kier alpha value is -0.540. The number of methoxy groups -OCH3 is 1. The summed E-state index contributed by atoms with van der Waals surface area (Å²) in [5.74, 6) is 1.77. The van der Waals surface area contributed by atoms with Crippen LogP contribution in [0, 0.1) is 5.92 Å². The van der Waals surface area contributed by atoms with Gasteiger partial charge in [-0.25, -0.2) is 0 Å². The van der Waals surface area contributed by atoms with Crippen LogP contribution in [-0.4, -0.2) is 12.6 Å². The molecule has 0 spiro atoms. The van der Waals surface area contributed by atoms with Gasteiger partial charge in [-0.05, 0) is 71.6 Å². The van der Waals surface area contributed by atoms with Crippen LogP contribution in [-0.2, 0) is 6.42 Å². The first-order valence-corrected chi connectivity index (χ1v) is 7.97. The molecule has 1 fully saturated rings. The summed E-state index contributed by atoms with van der Waals surface area (Å²) < 4.78 is 6.28. The molecule has 0 radical (unpaired) electrons. The lowest BCUT2D eigenvalue weighted by Crippen LogP contribution is -2.45. The third kappa shape index (κ3) is 3.73. The monoisotopic (exact) mass is 325 g/mol. The van der Waals surface area contributed by atoms with Crippen LogP contribution in [0.5, 0.6) is 5.75 Å². The van der Waals surface area contributed by atoms with Gasteiger partial charge >= 0.3 is 0 Å². The van der Waals surface area contributed by atoms with E-state index in [1.54, 1.807) is 7.11 Å². The molecular weight excluding hydrogens is 302 g/mol. The second-order valence-corrected chi connectivity index (χ2v) is 6.71. The van der Waals surface area contributed by atoms with Crippen LogP contribution in [0.4, 0.5) is 0 Å². The minimum absolute atomic E-state index is 0.0142. The van der Waals surface area contributed by atoms with Crippen LogP contribution in [0.3, 0.4) is 0 Å². The normalized spacial score (nSPS) is 27.3. The summed E-state index contributed by atoms with van der Waals surface area (Å²) in [6.07, 6.45) is 7.12. The molecule has 0 aromatic heterocycles. The Balaban J connectivity index is 2.02. The molecule has 0 heterocycles. The Morgan fingerprint density at radius 1 is 1.37 bits per heavy atom. The summed E-state index contributed by atoms with van der Waals surface area (Å²) in [4.78, 5) is 0. The number of hydrogen-bond donors (Lipinski definition) is 1. The van der Waals surface area contributed by atoms with Gasteiger partial charge in [0, 0.05) is 5.54 Å². The maximum atomic E-state index is 6.58. The lowest BCUT2D eigenvalue weighted by molar-refractivity contribution is 0.228. The topological polar surface area (TPSA) is 35.2 Å². The molecule has 3 heteroatoms. The molecule has 0 atom stereocenters. The highest BCUT2D eigenvalue weighted by Crippen LogP contribution is 2.35. The van der Waals surface area contributed by atoms with Crippen molar-refractivity contribution in [3.8, 4) is 5.75 Å². The molecule has 0 saturated heterocycles. The molecule has 0 bridgehead atoms. The molecule has 1 aromatic carbocycles. The van der Waals surface area contributed by atoms with E-state index in [1.165, 1.54) is 24.8 Å². The summed E-state index contributed by atoms with van der Waals surface area (Å²) in [6.45, 7) is 2.29. The minimum Gasteiger partial charge on any atom is -0.496 e. The van der Waals surface area contributed by atoms with Crippen molar-refractivity contribution >= 4 is 15.9 Å². The maximum absolute atomic E-state index is 6.58. The molecule has 106 valence electrons. The molecule has 1 saturated carbocycles. The maximum Gasteiger partial charge on any atom is 0.133 e. The van der Waals surface area contributed by atoms with E-state index in [1.807, 2.05) is 6.07 Å². The largest absolute Gasteiger partial charge is 0.496 e. The van der Waals surface area contributed by atoms with Crippen molar-refractivity contribution in [3.05, 3.63) is 28.2 Å². The Morgan fingerprint density at radius 2 is 2.05 bits per heavy atom. The highest BCUT2D eigenvalue weighted by Gasteiger charge is 2.31. The fourth-order valence-electron chi connectivity index (χ4n) is 3.06. The summed E-state index contributed by atoms with van der Waals surface area (Å²) in [6, 6.07) is 6.28. The third-order valence-electron chi connectivity index (χ3n) is 4.45. The van der Waals surface area contributed by atoms with Gasteiger partial charge in [-0.2, -0.15) is 0 Å². The average molecular weight is 326 g/mol. The van der Waals surface area contributed by atoms with Crippen LogP contribution in [0.2, 0.25) is 0 Å². The predicted molar refractivity (Wildman–Crippen MR) is 83.6 cm³/mol. The molecule has 0 unspecified atom stereocenters. The zero-order valence-corrected chi connectivity index (χ0v) is 13.5.